The molecular formula is C32H39FN4O5. The summed E-state index contributed by atoms with van der Waals surface area (Å²) < 4.78 is 20.5. The van der Waals surface area contributed by atoms with Crippen molar-refractivity contribution in [3.8, 4) is 5.75 Å². The number of fused-ring (bicyclic) bond motifs is 4. The van der Waals surface area contributed by atoms with Crippen molar-refractivity contribution < 1.29 is 28.3 Å². The van der Waals surface area contributed by atoms with E-state index >= 15 is 0 Å². The van der Waals surface area contributed by atoms with Gasteiger partial charge in [0.05, 0.1) is 18.7 Å². The highest BCUT2D eigenvalue weighted by atomic mass is 19.1. The lowest BCUT2D eigenvalue weighted by Crippen LogP contribution is -2.54. The second-order valence-corrected chi connectivity index (χ2v) is 11.7. The zero-order valence-electron chi connectivity index (χ0n) is 24.3. The van der Waals surface area contributed by atoms with E-state index in [2.05, 4.69) is 10.6 Å². The number of carbonyl (C=O) groups excluding carboxylic acids is 4. The monoisotopic (exact) mass is 578 g/mol. The second kappa shape index (κ2) is 12.9. The molecule has 0 spiro atoms. The summed E-state index contributed by atoms with van der Waals surface area (Å²) in [4.78, 5) is 56.9. The summed E-state index contributed by atoms with van der Waals surface area (Å²) in [6.45, 7) is 5.18. The number of rotatable bonds is 2. The number of hydrogen-bond acceptors (Lipinski definition) is 5. The molecule has 0 radical (unpaired) electrons. The van der Waals surface area contributed by atoms with Crippen LogP contribution in [0.25, 0.3) is 0 Å². The number of benzene rings is 2. The molecule has 2 N–H and O–H groups in total. The third kappa shape index (κ3) is 6.58. The summed E-state index contributed by atoms with van der Waals surface area (Å²) in [6.07, 6.45) is 3.88. The predicted molar refractivity (Wildman–Crippen MR) is 155 cm³/mol. The van der Waals surface area contributed by atoms with Gasteiger partial charge in [-0.2, -0.15) is 0 Å². The van der Waals surface area contributed by atoms with E-state index in [0.717, 1.165) is 29.7 Å². The van der Waals surface area contributed by atoms with Gasteiger partial charge in [0.2, 0.25) is 11.8 Å². The molecule has 0 saturated carbocycles. The topological polar surface area (TPSA) is 108 Å². The minimum absolute atomic E-state index is 0.0480. The van der Waals surface area contributed by atoms with Gasteiger partial charge in [-0.1, -0.05) is 19.9 Å². The molecule has 3 aliphatic rings. The van der Waals surface area contributed by atoms with E-state index < -0.39 is 23.8 Å². The van der Waals surface area contributed by atoms with Crippen LogP contribution in [-0.4, -0.2) is 78.3 Å². The van der Waals surface area contributed by atoms with Gasteiger partial charge in [0.15, 0.2) is 0 Å². The maximum atomic E-state index is 14.8. The fourth-order valence-corrected chi connectivity index (χ4v) is 5.91. The summed E-state index contributed by atoms with van der Waals surface area (Å²) in [5.74, 6) is -1.38. The largest absolute Gasteiger partial charge is 0.493 e. The molecule has 0 aromatic heterocycles. The molecule has 2 atom stereocenters. The van der Waals surface area contributed by atoms with Gasteiger partial charge in [0, 0.05) is 31.2 Å². The average molecular weight is 579 g/mol. The van der Waals surface area contributed by atoms with Crippen LogP contribution in [0.5, 0.6) is 5.75 Å². The van der Waals surface area contributed by atoms with Crippen molar-refractivity contribution in [2.24, 2.45) is 5.92 Å². The van der Waals surface area contributed by atoms with Gasteiger partial charge in [0.1, 0.15) is 17.6 Å². The molecule has 1 fully saturated rings. The van der Waals surface area contributed by atoms with Crippen molar-refractivity contribution >= 4 is 23.6 Å². The van der Waals surface area contributed by atoms with E-state index in [1.165, 1.54) is 15.9 Å². The quantitative estimate of drug-likeness (QED) is 0.570. The van der Waals surface area contributed by atoms with Gasteiger partial charge in [-0.25, -0.2) is 4.39 Å². The number of amides is 4. The van der Waals surface area contributed by atoms with Crippen LogP contribution in [0.1, 0.15) is 71.4 Å². The fraction of sp³-hybridized carbons (Fsp3) is 0.500. The Morgan fingerprint density at radius 1 is 1.05 bits per heavy atom. The van der Waals surface area contributed by atoms with Gasteiger partial charge < -0.3 is 25.2 Å². The number of nitrogens with one attached hydrogen (secondary N) is 2. The Balaban J connectivity index is 1.44. The molecule has 4 amide bonds. The molecule has 1 saturated heterocycles. The Hall–Kier alpha value is -3.95. The molecule has 224 valence electrons. The lowest BCUT2D eigenvalue weighted by atomic mass is 10.0. The number of carbonyl (C=O) groups is 4. The molecule has 9 nitrogen and oxygen atoms in total. The van der Waals surface area contributed by atoms with Gasteiger partial charge >= 0.3 is 0 Å². The van der Waals surface area contributed by atoms with E-state index in [0.29, 0.717) is 50.9 Å². The molecule has 42 heavy (non-hydrogen) atoms. The van der Waals surface area contributed by atoms with E-state index in [9.17, 15) is 23.6 Å². The fourth-order valence-electron chi connectivity index (χ4n) is 5.91. The Labute approximate surface area is 245 Å². The molecule has 2 aromatic carbocycles. The normalized spacial score (nSPS) is 22.0. The van der Waals surface area contributed by atoms with Crippen molar-refractivity contribution in [2.75, 3.05) is 32.8 Å². The number of hydrogen-bond donors (Lipinski definition) is 2. The van der Waals surface area contributed by atoms with Gasteiger partial charge in [-0.05, 0) is 85.9 Å². The van der Waals surface area contributed by atoms with Crippen LogP contribution >= 0.6 is 0 Å². The van der Waals surface area contributed by atoms with Crippen LogP contribution in [0, 0.1) is 11.7 Å². The van der Waals surface area contributed by atoms with Crippen LogP contribution in [0.2, 0.25) is 0 Å². The predicted octanol–water partition coefficient (Wildman–Crippen LogP) is 3.10. The Morgan fingerprint density at radius 3 is 2.69 bits per heavy atom. The van der Waals surface area contributed by atoms with E-state index in [4.69, 9.17) is 4.74 Å². The first-order valence-electron chi connectivity index (χ1n) is 14.9. The standard InChI is InChI=1S/C32H39FN4O5/c1-20(2)26-18-36(31(40)23-10-12-28-22(17-23)7-5-15-42-28)19-29(38)34-13-3-6-21-9-11-25(33)24(16-21)32(41)37-14-4-8-27(37)30(39)35-26/h9-12,16-17,20,26-27H,3-8,13-15,18-19H2,1-2H3,(H,34,38)(H,35,39)/t26-,27-/m0/s1. The first-order chi connectivity index (χ1) is 20.2. The third-order valence-corrected chi connectivity index (χ3v) is 8.37. The van der Waals surface area contributed by atoms with E-state index in [-0.39, 0.29) is 42.3 Å². The van der Waals surface area contributed by atoms with Crippen LogP contribution < -0.4 is 15.4 Å². The number of halogens is 1. The molecule has 2 bridgehead atoms. The molecular weight excluding hydrogens is 539 g/mol. The smallest absolute Gasteiger partial charge is 0.257 e. The van der Waals surface area contributed by atoms with E-state index in [1.807, 2.05) is 19.9 Å². The van der Waals surface area contributed by atoms with Crippen molar-refractivity contribution in [1.29, 1.82) is 0 Å². The average Bonchev–Trinajstić information content (AvgIpc) is 3.48. The lowest BCUT2D eigenvalue weighted by Gasteiger charge is -2.32. The summed E-state index contributed by atoms with van der Waals surface area (Å²) in [5, 5.41) is 5.94. The maximum Gasteiger partial charge on any atom is 0.257 e. The molecule has 5 rings (SSSR count). The Bertz CT molecular complexity index is 1360. The van der Waals surface area contributed by atoms with E-state index in [1.54, 1.807) is 24.3 Å². The zero-order chi connectivity index (χ0) is 29.8. The van der Waals surface area contributed by atoms with Crippen molar-refractivity contribution in [1.82, 2.24) is 20.4 Å². The highest BCUT2D eigenvalue weighted by Crippen LogP contribution is 2.27. The number of ether oxygens (including phenoxy) is 1. The summed E-state index contributed by atoms with van der Waals surface area (Å²) in [6, 6.07) is 8.58. The first-order valence-corrected chi connectivity index (χ1v) is 14.9. The van der Waals surface area contributed by atoms with Gasteiger partial charge in [0.25, 0.3) is 11.8 Å². The minimum atomic E-state index is -0.745. The SMILES string of the molecule is CC(C)[C@@H]1CN(C(=O)c2ccc3c(c2)CCCO3)CC(=O)NCCCc2ccc(F)c(c2)C(=O)N2CCC[C@H]2C(=O)N1. The van der Waals surface area contributed by atoms with Gasteiger partial charge in [-0.15, -0.1) is 0 Å². The Morgan fingerprint density at radius 2 is 1.88 bits per heavy atom. The van der Waals surface area contributed by atoms with Gasteiger partial charge in [-0.3, -0.25) is 19.2 Å². The summed E-state index contributed by atoms with van der Waals surface area (Å²) in [7, 11) is 0. The van der Waals surface area contributed by atoms with Crippen molar-refractivity contribution in [3.05, 3.63) is 64.5 Å². The third-order valence-electron chi connectivity index (χ3n) is 8.37. The minimum Gasteiger partial charge on any atom is -0.493 e. The van der Waals surface area contributed by atoms with Crippen molar-refractivity contribution in [2.45, 2.75) is 64.5 Å². The van der Waals surface area contributed by atoms with Crippen LogP contribution in [0.3, 0.4) is 0 Å². The summed E-state index contributed by atoms with van der Waals surface area (Å²) in [5.41, 5.74) is 2.14. The molecule has 10 heteroatoms. The maximum absolute atomic E-state index is 14.8. The van der Waals surface area contributed by atoms with Crippen molar-refractivity contribution in [3.63, 3.8) is 0 Å². The lowest BCUT2D eigenvalue weighted by molar-refractivity contribution is -0.126. The van der Waals surface area contributed by atoms with Crippen LogP contribution in [0.4, 0.5) is 4.39 Å². The second-order valence-electron chi connectivity index (χ2n) is 11.7. The zero-order valence-corrected chi connectivity index (χ0v) is 24.3. The number of aryl methyl sites for hydroxylation is 2. The van der Waals surface area contributed by atoms with Crippen LogP contribution in [-0.2, 0) is 22.4 Å². The molecule has 2 aromatic rings. The number of nitrogens with zero attached hydrogens (tertiary/aromatic N) is 2. The van der Waals surface area contributed by atoms with Crippen LogP contribution in [0.15, 0.2) is 36.4 Å². The summed E-state index contributed by atoms with van der Waals surface area (Å²) >= 11 is 0. The Kier molecular flexibility index (Phi) is 9.09. The molecule has 3 aliphatic heterocycles. The highest BCUT2D eigenvalue weighted by Gasteiger charge is 2.37. The molecule has 3 heterocycles. The first kappa shape index (κ1) is 29.5. The highest BCUT2D eigenvalue weighted by molar-refractivity contribution is 5.99. The molecule has 0 aliphatic carbocycles. The molecule has 0 unspecified atom stereocenters.